The highest BCUT2D eigenvalue weighted by Gasteiger charge is 2.10. The van der Waals surface area contributed by atoms with Crippen LogP contribution >= 0.6 is 0 Å². The normalized spacial score (nSPS) is 12.3. The summed E-state index contributed by atoms with van der Waals surface area (Å²) < 4.78 is 0. The predicted octanol–water partition coefficient (Wildman–Crippen LogP) is 5.36. The topological polar surface area (TPSA) is 0 Å². The van der Waals surface area contributed by atoms with Crippen molar-refractivity contribution in [2.75, 3.05) is 0 Å². The van der Waals surface area contributed by atoms with E-state index in [0.29, 0.717) is 0 Å². The molecule has 1 atom stereocenters. The molecule has 1 radical (unpaired) electrons. The van der Waals surface area contributed by atoms with Crippen LogP contribution in [0.1, 0.15) is 71.6 Å². The molecule has 0 saturated heterocycles. The first-order valence-electron chi connectivity index (χ1n) is 8.26. The van der Waals surface area contributed by atoms with Crippen LogP contribution in [0.3, 0.4) is 0 Å². The van der Waals surface area contributed by atoms with Crippen molar-refractivity contribution >= 4 is 12.7 Å². The summed E-state index contributed by atoms with van der Waals surface area (Å²) in [6.45, 7) is 4.58. The number of hydrogen-bond donors (Lipinski definition) is 0. The largest absolute Gasteiger partial charge is 0.154 e. The van der Waals surface area contributed by atoms with Crippen molar-refractivity contribution in [3.05, 3.63) is 30.3 Å². The van der Waals surface area contributed by atoms with Gasteiger partial charge in [-0.1, -0.05) is 113 Å². The Labute approximate surface area is 121 Å². The van der Waals surface area contributed by atoms with Gasteiger partial charge in [0.25, 0.3) is 0 Å². The van der Waals surface area contributed by atoms with Gasteiger partial charge in [-0.05, 0) is 0 Å². The van der Waals surface area contributed by atoms with Gasteiger partial charge in [0.15, 0.2) is 7.28 Å². The van der Waals surface area contributed by atoms with Gasteiger partial charge in [0.1, 0.15) is 0 Å². The van der Waals surface area contributed by atoms with E-state index in [1.807, 2.05) is 0 Å². The quantitative estimate of drug-likeness (QED) is 0.370. The van der Waals surface area contributed by atoms with Crippen LogP contribution in [-0.2, 0) is 0 Å². The highest BCUT2D eigenvalue weighted by atomic mass is 14.0. The summed E-state index contributed by atoms with van der Waals surface area (Å²) >= 11 is 0. The second-order valence-electron chi connectivity index (χ2n) is 5.68. The molecule has 0 N–H and O–H groups in total. The number of rotatable bonds is 11. The van der Waals surface area contributed by atoms with Gasteiger partial charge in [0, 0.05) is 0 Å². The molecule has 0 saturated carbocycles. The smallest absolute Gasteiger partial charge is 0.0875 e. The Kier molecular flexibility index (Phi) is 9.58. The van der Waals surface area contributed by atoms with Gasteiger partial charge in [0.05, 0.1) is 0 Å². The lowest BCUT2D eigenvalue weighted by molar-refractivity contribution is 0.560. The van der Waals surface area contributed by atoms with Crippen LogP contribution in [0.4, 0.5) is 0 Å². The van der Waals surface area contributed by atoms with Crippen molar-refractivity contribution in [1.82, 2.24) is 0 Å². The molecule has 0 bridgehead atoms. The van der Waals surface area contributed by atoms with Gasteiger partial charge in [0.2, 0.25) is 0 Å². The lowest BCUT2D eigenvalue weighted by atomic mass is 9.56. The molecule has 0 spiro atoms. The molecule has 0 aliphatic heterocycles. The zero-order chi connectivity index (χ0) is 13.8. The zero-order valence-electron chi connectivity index (χ0n) is 12.9. The summed E-state index contributed by atoms with van der Waals surface area (Å²) in [7, 11) is 2.48. The van der Waals surface area contributed by atoms with E-state index < -0.39 is 0 Å². The van der Waals surface area contributed by atoms with E-state index in [0.717, 1.165) is 5.82 Å². The summed E-state index contributed by atoms with van der Waals surface area (Å²) in [5, 5.41) is 0. The zero-order valence-corrected chi connectivity index (χ0v) is 12.9. The van der Waals surface area contributed by atoms with E-state index in [1.165, 1.54) is 63.3 Å². The second kappa shape index (κ2) is 11.1. The van der Waals surface area contributed by atoms with Crippen molar-refractivity contribution in [2.45, 2.75) is 77.5 Å². The molecule has 1 aromatic carbocycles. The van der Waals surface area contributed by atoms with E-state index in [1.54, 1.807) is 0 Å². The molecule has 0 aliphatic rings. The SMILES string of the molecule is CCCCCCCCC([B]c1ccccc1)CCC. The minimum absolute atomic E-state index is 0.776. The molecule has 0 aliphatic carbocycles. The second-order valence-corrected chi connectivity index (χ2v) is 5.68. The van der Waals surface area contributed by atoms with Crippen LogP contribution in [0, 0.1) is 0 Å². The van der Waals surface area contributed by atoms with Crippen LogP contribution in [0.2, 0.25) is 5.82 Å². The maximum atomic E-state index is 2.48. The summed E-state index contributed by atoms with van der Waals surface area (Å²) in [5.74, 6) is 0.776. The third-order valence-corrected chi connectivity index (χ3v) is 3.82. The Morgan fingerprint density at radius 3 is 2.16 bits per heavy atom. The molecule has 19 heavy (non-hydrogen) atoms. The molecule has 105 valence electrons. The third kappa shape index (κ3) is 8.13. The van der Waals surface area contributed by atoms with Gasteiger partial charge in [-0.15, -0.1) is 0 Å². The molecule has 0 fully saturated rings. The van der Waals surface area contributed by atoms with E-state index in [-0.39, 0.29) is 0 Å². The van der Waals surface area contributed by atoms with Crippen molar-refractivity contribution in [3.8, 4) is 0 Å². The van der Waals surface area contributed by atoms with Gasteiger partial charge in [-0.2, -0.15) is 0 Å². The molecule has 1 rings (SSSR count). The number of benzene rings is 1. The molecule has 1 aromatic rings. The first-order chi connectivity index (χ1) is 9.36. The summed E-state index contributed by atoms with van der Waals surface area (Å²) in [5.41, 5.74) is 1.40. The summed E-state index contributed by atoms with van der Waals surface area (Å²) in [4.78, 5) is 0. The van der Waals surface area contributed by atoms with E-state index in [9.17, 15) is 0 Å². The van der Waals surface area contributed by atoms with Crippen molar-refractivity contribution in [1.29, 1.82) is 0 Å². The first-order valence-corrected chi connectivity index (χ1v) is 8.26. The number of unbranched alkanes of at least 4 members (excludes halogenated alkanes) is 5. The Hall–Kier alpha value is -0.715. The van der Waals surface area contributed by atoms with E-state index in [2.05, 4.69) is 51.5 Å². The maximum absolute atomic E-state index is 2.48. The monoisotopic (exact) mass is 257 g/mol. The lowest BCUT2D eigenvalue weighted by Crippen LogP contribution is -2.19. The van der Waals surface area contributed by atoms with E-state index in [4.69, 9.17) is 0 Å². The molecule has 0 heterocycles. The highest BCUT2D eigenvalue weighted by Crippen LogP contribution is 2.21. The molecule has 0 nitrogen and oxygen atoms in total. The standard InChI is InChI=1S/C18H30B/c1-3-5-6-7-8-10-14-17(13-4-2)19-18-15-11-9-12-16-18/h9,11-12,15-17H,3-8,10,13-14H2,1-2H3. The highest BCUT2D eigenvalue weighted by molar-refractivity contribution is 6.54. The molecule has 1 unspecified atom stereocenters. The first kappa shape index (κ1) is 16.3. The summed E-state index contributed by atoms with van der Waals surface area (Å²) in [6, 6.07) is 10.8. The fourth-order valence-corrected chi connectivity index (χ4v) is 2.70. The number of hydrogen-bond acceptors (Lipinski definition) is 0. The summed E-state index contributed by atoms with van der Waals surface area (Å²) in [6.07, 6.45) is 12.4. The average molecular weight is 257 g/mol. The fourth-order valence-electron chi connectivity index (χ4n) is 2.70. The minimum atomic E-state index is 0.776. The molecule has 1 heteroatoms. The third-order valence-electron chi connectivity index (χ3n) is 3.82. The van der Waals surface area contributed by atoms with Crippen LogP contribution in [0.5, 0.6) is 0 Å². The lowest BCUT2D eigenvalue weighted by Gasteiger charge is -2.15. The molecular formula is C18H30B. The minimum Gasteiger partial charge on any atom is -0.0875 e. The van der Waals surface area contributed by atoms with Gasteiger partial charge < -0.3 is 0 Å². The van der Waals surface area contributed by atoms with Crippen LogP contribution in [0.15, 0.2) is 30.3 Å². The van der Waals surface area contributed by atoms with Gasteiger partial charge in [-0.25, -0.2) is 0 Å². The molecular weight excluding hydrogens is 227 g/mol. The predicted molar refractivity (Wildman–Crippen MR) is 88.5 cm³/mol. The Bertz CT molecular complexity index is 294. The Morgan fingerprint density at radius 1 is 0.789 bits per heavy atom. The average Bonchev–Trinajstić information content (AvgIpc) is 2.44. The Morgan fingerprint density at radius 2 is 1.47 bits per heavy atom. The Balaban J connectivity index is 2.21. The van der Waals surface area contributed by atoms with Gasteiger partial charge in [-0.3, -0.25) is 0 Å². The van der Waals surface area contributed by atoms with Crippen molar-refractivity contribution in [3.63, 3.8) is 0 Å². The van der Waals surface area contributed by atoms with Crippen LogP contribution in [-0.4, -0.2) is 7.28 Å². The van der Waals surface area contributed by atoms with Crippen molar-refractivity contribution < 1.29 is 0 Å². The van der Waals surface area contributed by atoms with E-state index >= 15 is 0 Å². The molecule has 0 aromatic heterocycles. The maximum Gasteiger partial charge on any atom is 0.154 e. The molecule has 0 amide bonds. The van der Waals surface area contributed by atoms with Crippen molar-refractivity contribution in [2.24, 2.45) is 0 Å². The van der Waals surface area contributed by atoms with Crippen LogP contribution in [0.25, 0.3) is 0 Å². The van der Waals surface area contributed by atoms with Crippen LogP contribution < -0.4 is 5.46 Å². The van der Waals surface area contributed by atoms with Gasteiger partial charge >= 0.3 is 0 Å². The fraction of sp³-hybridized carbons (Fsp3) is 0.667.